The minimum Gasteiger partial charge on any atom is -0.298 e. The number of allylic oxidation sites excluding steroid dienone is 1. The topological polar surface area (TPSA) is 12.4 Å². The zero-order chi connectivity index (χ0) is 6.95. The molecule has 0 aliphatic carbocycles. The van der Waals surface area contributed by atoms with Crippen molar-refractivity contribution in [3.63, 3.8) is 0 Å². The van der Waals surface area contributed by atoms with Crippen LogP contribution in [0.4, 0.5) is 0 Å². The van der Waals surface area contributed by atoms with Gasteiger partial charge in [-0.15, -0.1) is 0 Å². The van der Waals surface area contributed by atoms with Gasteiger partial charge in [-0.3, -0.25) is 4.99 Å². The van der Waals surface area contributed by atoms with E-state index in [1.807, 2.05) is 13.1 Å². The second-order valence-corrected chi connectivity index (χ2v) is 1.83. The highest BCUT2D eigenvalue weighted by molar-refractivity contribution is 5.53. The fraction of sp³-hybridized carbons (Fsp3) is 0.625. The third kappa shape index (κ3) is 7.41. The summed E-state index contributed by atoms with van der Waals surface area (Å²) in [5, 5.41) is 0. The Morgan fingerprint density at radius 3 is 2.67 bits per heavy atom. The minimum atomic E-state index is 0.938. The highest BCUT2D eigenvalue weighted by Gasteiger charge is 1.72. The van der Waals surface area contributed by atoms with Crippen molar-refractivity contribution in [3.8, 4) is 0 Å². The van der Waals surface area contributed by atoms with Crippen LogP contribution in [0.5, 0.6) is 0 Å². The average molecular weight is 125 g/mol. The number of aliphatic imine (C=N–C) groups is 1. The molecule has 0 rings (SSSR count). The maximum atomic E-state index is 4.07. The normalized spacial score (nSPS) is 11.8. The summed E-state index contributed by atoms with van der Waals surface area (Å²) in [4.78, 5) is 4.07. The first-order valence-electron chi connectivity index (χ1n) is 3.51. The van der Waals surface area contributed by atoms with Gasteiger partial charge in [-0.1, -0.05) is 19.1 Å². The van der Waals surface area contributed by atoms with E-state index >= 15 is 0 Å². The molecule has 0 aromatic rings. The van der Waals surface area contributed by atoms with Crippen LogP contribution in [0, 0.1) is 0 Å². The van der Waals surface area contributed by atoms with Crippen molar-refractivity contribution in [2.45, 2.75) is 26.7 Å². The monoisotopic (exact) mass is 125 g/mol. The quantitative estimate of drug-likeness (QED) is 0.311. The first kappa shape index (κ1) is 8.41. The summed E-state index contributed by atoms with van der Waals surface area (Å²) in [7, 11) is 0. The van der Waals surface area contributed by atoms with Gasteiger partial charge >= 0.3 is 0 Å². The predicted molar refractivity (Wildman–Crippen MR) is 43.1 cm³/mol. The van der Waals surface area contributed by atoms with Crippen LogP contribution in [-0.2, 0) is 0 Å². The fourth-order valence-electron chi connectivity index (χ4n) is 0.563. The van der Waals surface area contributed by atoms with Crippen LogP contribution in [-0.4, -0.2) is 12.8 Å². The molecule has 0 aliphatic heterocycles. The maximum Gasteiger partial charge on any atom is 0.0419 e. The Balaban J connectivity index is 2.99. The van der Waals surface area contributed by atoms with Gasteiger partial charge in [-0.25, -0.2) is 0 Å². The molecule has 0 N–H and O–H groups in total. The molecule has 0 radical (unpaired) electrons. The van der Waals surface area contributed by atoms with Gasteiger partial charge in [0.15, 0.2) is 0 Å². The summed E-state index contributed by atoms with van der Waals surface area (Å²) in [6, 6.07) is 0. The lowest BCUT2D eigenvalue weighted by atomic mass is 10.3. The van der Waals surface area contributed by atoms with Crippen LogP contribution in [0.1, 0.15) is 26.7 Å². The third-order valence-electron chi connectivity index (χ3n) is 1.01. The Labute approximate surface area is 57.5 Å². The first-order chi connectivity index (χ1) is 4.41. The van der Waals surface area contributed by atoms with E-state index in [9.17, 15) is 0 Å². The van der Waals surface area contributed by atoms with Crippen molar-refractivity contribution in [1.82, 2.24) is 0 Å². The van der Waals surface area contributed by atoms with Gasteiger partial charge in [0, 0.05) is 6.54 Å². The summed E-state index contributed by atoms with van der Waals surface area (Å²) >= 11 is 0. The van der Waals surface area contributed by atoms with Crippen LogP contribution >= 0.6 is 0 Å². The molecule has 0 amide bonds. The van der Waals surface area contributed by atoms with Crippen LogP contribution in [0.2, 0.25) is 0 Å². The van der Waals surface area contributed by atoms with Crippen molar-refractivity contribution < 1.29 is 0 Å². The second-order valence-electron chi connectivity index (χ2n) is 1.83. The van der Waals surface area contributed by atoms with Gasteiger partial charge in [0.1, 0.15) is 0 Å². The minimum absolute atomic E-state index is 0.938. The predicted octanol–water partition coefficient (Wildman–Crippen LogP) is 2.43. The Hall–Kier alpha value is -0.590. The molecular formula is C8H15N. The van der Waals surface area contributed by atoms with Gasteiger partial charge in [0.05, 0.1) is 0 Å². The molecule has 0 spiro atoms. The van der Waals surface area contributed by atoms with E-state index in [0.29, 0.717) is 0 Å². The Kier molecular flexibility index (Phi) is 6.92. The van der Waals surface area contributed by atoms with E-state index in [0.717, 1.165) is 19.4 Å². The maximum absolute atomic E-state index is 4.07. The lowest BCUT2D eigenvalue weighted by molar-refractivity contribution is 1.00. The lowest BCUT2D eigenvalue weighted by Gasteiger charge is -1.83. The summed E-state index contributed by atoms with van der Waals surface area (Å²) in [6.07, 6.45) is 8.41. The van der Waals surface area contributed by atoms with E-state index in [-0.39, 0.29) is 0 Å². The molecule has 0 bridgehead atoms. The van der Waals surface area contributed by atoms with Crippen molar-refractivity contribution in [1.29, 1.82) is 0 Å². The second kappa shape index (κ2) is 7.41. The number of hydrogen-bond donors (Lipinski definition) is 0. The van der Waals surface area contributed by atoms with E-state index in [2.05, 4.69) is 24.1 Å². The Morgan fingerprint density at radius 2 is 2.11 bits per heavy atom. The van der Waals surface area contributed by atoms with Crippen LogP contribution in [0.25, 0.3) is 0 Å². The van der Waals surface area contributed by atoms with Gasteiger partial charge in [0.2, 0.25) is 0 Å². The zero-order valence-corrected chi connectivity index (χ0v) is 6.30. The SMILES string of the molecule is CC=NCC/C=C\CC. The molecule has 1 heteroatoms. The zero-order valence-electron chi connectivity index (χ0n) is 6.30. The van der Waals surface area contributed by atoms with Crippen LogP contribution < -0.4 is 0 Å². The van der Waals surface area contributed by atoms with Gasteiger partial charge in [0.25, 0.3) is 0 Å². The first-order valence-corrected chi connectivity index (χ1v) is 3.51. The number of nitrogens with zero attached hydrogens (tertiary/aromatic N) is 1. The van der Waals surface area contributed by atoms with Gasteiger partial charge in [-0.05, 0) is 26.0 Å². The molecule has 9 heavy (non-hydrogen) atoms. The molecule has 0 fully saturated rings. The summed E-state index contributed by atoms with van der Waals surface area (Å²) in [6.45, 7) is 5.02. The van der Waals surface area contributed by atoms with E-state index in [4.69, 9.17) is 0 Å². The van der Waals surface area contributed by atoms with Crippen LogP contribution in [0.15, 0.2) is 17.1 Å². The van der Waals surface area contributed by atoms with Crippen molar-refractivity contribution >= 4 is 6.21 Å². The molecule has 0 aliphatic rings. The van der Waals surface area contributed by atoms with Crippen molar-refractivity contribution in [2.75, 3.05) is 6.54 Å². The lowest BCUT2D eigenvalue weighted by Crippen LogP contribution is -1.74. The molecule has 52 valence electrons. The molecule has 0 aromatic carbocycles. The number of rotatable bonds is 4. The third-order valence-corrected chi connectivity index (χ3v) is 1.01. The van der Waals surface area contributed by atoms with E-state index < -0.39 is 0 Å². The molecule has 0 saturated carbocycles. The summed E-state index contributed by atoms with van der Waals surface area (Å²) in [5.74, 6) is 0. The average Bonchev–Trinajstić information content (AvgIpc) is 1.89. The summed E-state index contributed by atoms with van der Waals surface area (Å²) in [5.41, 5.74) is 0. The van der Waals surface area contributed by atoms with Crippen LogP contribution in [0.3, 0.4) is 0 Å². The van der Waals surface area contributed by atoms with Crippen molar-refractivity contribution in [3.05, 3.63) is 12.2 Å². The summed E-state index contributed by atoms with van der Waals surface area (Å²) < 4.78 is 0. The van der Waals surface area contributed by atoms with Gasteiger partial charge in [-0.2, -0.15) is 0 Å². The molecule has 0 unspecified atom stereocenters. The van der Waals surface area contributed by atoms with E-state index in [1.54, 1.807) is 0 Å². The van der Waals surface area contributed by atoms with E-state index in [1.165, 1.54) is 0 Å². The molecular weight excluding hydrogens is 110 g/mol. The highest BCUT2D eigenvalue weighted by atomic mass is 14.7. The molecule has 0 saturated heterocycles. The standard InChI is InChI=1S/C8H15N/c1-3-5-6-7-8-9-4-2/h4-6H,3,7-8H2,1-2H3/b6-5-,9-4?. The number of hydrogen-bond acceptors (Lipinski definition) is 1. The smallest absolute Gasteiger partial charge is 0.0419 e. The molecule has 0 aromatic heterocycles. The Morgan fingerprint density at radius 1 is 1.33 bits per heavy atom. The highest BCUT2D eigenvalue weighted by Crippen LogP contribution is 1.85. The molecule has 0 heterocycles. The largest absolute Gasteiger partial charge is 0.298 e. The molecule has 1 nitrogen and oxygen atoms in total. The van der Waals surface area contributed by atoms with Gasteiger partial charge < -0.3 is 0 Å². The molecule has 0 atom stereocenters. The van der Waals surface area contributed by atoms with Crippen molar-refractivity contribution in [2.24, 2.45) is 4.99 Å². The Bertz CT molecular complexity index is 92.7. The fourth-order valence-corrected chi connectivity index (χ4v) is 0.563.